The fourth-order valence-electron chi connectivity index (χ4n) is 1.95. The lowest BCUT2D eigenvalue weighted by molar-refractivity contribution is 0.103. The number of hydrogen-bond donors (Lipinski definition) is 0. The van der Waals surface area contributed by atoms with Crippen LogP contribution in [0.3, 0.4) is 0 Å². The minimum absolute atomic E-state index is 0.152. The van der Waals surface area contributed by atoms with Gasteiger partial charge in [0.25, 0.3) is 0 Å². The highest BCUT2D eigenvalue weighted by atomic mass is 35.5. The Morgan fingerprint density at radius 3 is 2.63 bits per heavy atom. The Morgan fingerprint density at radius 1 is 1.00 bits per heavy atom. The largest absolute Gasteiger partial charge is 0.287 e. The maximum Gasteiger partial charge on any atom is 0.213 e. The molecule has 0 bridgehead atoms. The molecule has 0 amide bonds. The van der Waals surface area contributed by atoms with Crippen molar-refractivity contribution in [2.75, 3.05) is 0 Å². The van der Waals surface area contributed by atoms with Gasteiger partial charge >= 0.3 is 0 Å². The number of benzene rings is 1. The number of ketones is 1. The van der Waals surface area contributed by atoms with Crippen molar-refractivity contribution in [1.29, 1.82) is 0 Å². The third-order valence-electron chi connectivity index (χ3n) is 2.87. The molecule has 92 valence electrons. The lowest BCUT2D eigenvalue weighted by atomic mass is 10.0. The summed E-state index contributed by atoms with van der Waals surface area (Å²) in [5.41, 5.74) is 0.912. The van der Waals surface area contributed by atoms with Gasteiger partial charge in [-0.15, -0.1) is 0 Å². The standard InChI is InChI=1S/C15H9ClN2O/c16-11-5-6-14(18-8-11)15(19)13-9-17-7-10-3-1-2-4-12(10)13/h1-9H. The zero-order valence-electron chi connectivity index (χ0n) is 9.88. The van der Waals surface area contributed by atoms with Gasteiger partial charge < -0.3 is 0 Å². The maximum absolute atomic E-state index is 12.4. The van der Waals surface area contributed by atoms with E-state index in [1.807, 2.05) is 24.3 Å². The van der Waals surface area contributed by atoms with Crippen LogP contribution in [-0.2, 0) is 0 Å². The maximum atomic E-state index is 12.4. The van der Waals surface area contributed by atoms with Crippen molar-refractivity contribution in [2.45, 2.75) is 0 Å². The summed E-state index contributed by atoms with van der Waals surface area (Å²) in [6.45, 7) is 0. The van der Waals surface area contributed by atoms with Crippen LogP contribution in [0.15, 0.2) is 55.0 Å². The van der Waals surface area contributed by atoms with E-state index >= 15 is 0 Å². The zero-order valence-corrected chi connectivity index (χ0v) is 10.6. The molecule has 3 rings (SSSR count). The molecule has 0 saturated heterocycles. The fraction of sp³-hybridized carbons (Fsp3) is 0. The molecule has 19 heavy (non-hydrogen) atoms. The van der Waals surface area contributed by atoms with E-state index in [0.29, 0.717) is 16.3 Å². The van der Waals surface area contributed by atoms with Crippen LogP contribution in [-0.4, -0.2) is 15.8 Å². The highest BCUT2D eigenvalue weighted by Gasteiger charge is 2.13. The Morgan fingerprint density at radius 2 is 1.84 bits per heavy atom. The summed E-state index contributed by atoms with van der Waals surface area (Å²) in [7, 11) is 0. The summed E-state index contributed by atoms with van der Waals surface area (Å²) in [6, 6.07) is 10.9. The normalized spacial score (nSPS) is 10.6. The smallest absolute Gasteiger partial charge is 0.213 e. The van der Waals surface area contributed by atoms with Gasteiger partial charge in [0.1, 0.15) is 5.69 Å². The number of nitrogens with zero attached hydrogens (tertiary/aromatic N) is 2. The predicted octanol–water partition coefficient (Wildman–Crippen LogP) is 3.51. The van der Waals surface area contributed by atoms with E-state index in [2.05, 4.69) is 9.97 Å². The Balaban J connectivity index is 2.14. The molecule has 0 aliphatic heterocycles. The molecule has 0 N–H and O–H groups in total. The molecule has 3 aromatic rings. The molecule has 0 radical (unpaired) electrons. The van der Waals surface area contributed by atoms with Crippen LogP contribution in [0.2, 0.25) is 5.02 Å². The molecular weight excluding hydrogens is 260 g/mol. The van der Waals surface area contributed by atoms with Crippen LogP contribution in [0.25, 0.3) is 10.8 Å². The van der Waals surface area contributed by atoms with Gasteiger partial charge in [0, 0.05) is 24.0 Å². The molecular formula is C15H9ClN2O. The SMILES string of the molecule is O=C(c1ccc(Cl)cn1)c1cncc2ccccc12. The number of carbonyl (C=O) groups is 1. The molecule has 0 fully saturated rings. The number of halogens is 1. The highest BCUT2D eigenvalue weighted by Crippen LogP contribution is 2.19. The van der Waals surface area contributed by atoms with Crippen molar-refractivity contribution in [3.05, 3.63) is 71.3 Å². The molecule has 0 unspecified atom stereocenters. The molecule has 0 aliphatic rings. The minimum Gasteiger partial charge on any atom is -0.287 e. The molecule has 0 aliphatic carbocycles. The summed E-state index contributed by atoms with van der Waals surface area (Å²) in [5, 5.41) is 2.31. The zero-order chi connectivity index (χ0) is 13.2. The van der Waals surface area contributed by atoms with Crippen LogP contribution < -0.4 is 0 Å². The third kappa shape index (κ3) is 2.20. The number of hydrogen-bond acceptors (Lipinski definition) is 3. The van der Waals surface area contributed by atoms with E-state index in [1.54, 1.807) is 24.5 Å². The molecule has 3 nitrogen and oxygen atoms in total. The van der Waals surface area contributed by atoms with Crippen molar-refractivity contribution < 1.29 is 4.79 Å². The number of rotatable bonds is 2. The molecule has 2 heterocycles. The summed E-state index contributed by atoms with van der Waals surface area (Å²) >= 11 is 5.77. The van der Waals surface area contributed by atoms with Gasteiger partial charge in [0.05, 0.1) is 10.6 Å². The third-order valence-corrected chi connectivity index (χ3v) is 3.10. The van der Waals surface area contributed by atoms with Gasteiger partial charge in [-0.25, -0.2) is 0 Å². The van der Waals surface area contributed by atoms with E-state index in [4.69, 9.17) is 11.6 Å². The summed E-state index contributed by atoms with van der Waals surface area (Å²) in [6.07, 6.45) is 4.77. The first-order valence-electron chi connectivity index (χ1n) is 5.75. The second-order valence-electron chi connectivity index (χ2n) is 4.10. The summed E-state index contributed by atoms with van der Waals surface area (Å²) in [4.78, 5) is 20.6. The van der Waals surface area contributed by atoms with Crippen molar-refractivity contribution >= 4 is 28.2 Å². The average molecular weight is 269 g/mol. The molecule has 0 atom stereocenters. The molecule has 0 saturated carbocycles. The van der Waals surface area contributed by atoms with E-state index in [9.17, 15) is 4.79 Å². The van der Waals surface area contributed by atoms with Gasteiger partial charge in [-0.2, -0.15) is 0 Å². The van der Waals surface area contributed by atoms with Crippen LogP contribution in [0.5, 0.6) is 0 Å². The molecule has 2 aromatic heterocycles. The first kappa shape index (κ1) is 11.8. The Labute approximate surface area is 114 Å². The van der Waals surface area contributed by atoms with Gasteiger partial charge in [0.2, 0.25) is 5.78 Å². The first-order valence-corrected chi connectivity index (χ1v) is 6.12. The Hall–Kier alpha value is -2.26. The quantitative estimate of drug-likeness (QED) is 0.668. The van der Waals surface area contributed by atoms with Crippen LogP contribution in [0.4, 0.5) is 0 Å². The predicted molar refractivity (Wildman–Crippen MR) is 74.4 cm³/mol. The minimum atomic E-state index is -0.152. The van der Waals surface area contributed by atoms with Crippen molar-refractivity contribution in [2.24, 2.45) is 0 Å². The van der Waals surface area contributed by atoms with Crippen LogP contribution in [0.1, 0.15) is 16.1 Å². The fourth-order valence-corrected chi connectivity index (χ4v) is 2.06. The second kappa shape index (κ2) is 4.78. The number of aromatic nitrogens is 2. The molecule has 4 heteroatoms. The van der Waals surface area contributed by atoms with Gasteiger partial charge in [-0.05, 0) is 17.5 Å². The Kier molecular flexibility index (Phi) is 2.97. The molecule has 0 spiro atoms. The Bertz CT molecular complexity index is 748. The van der Waals surface area contributed by atoms with Crippen molar-refractivity contribution in [3.63, 3.8) is 0 Å². The van der Waals surface area contributed by atoms with E-state index in [-0.39, 0.29) is 5.78 Å². The van der Waals surface area contributed by atoms with Crippen molar-refractivity contribution in [1.82, 2.24) is 9.97 Å². The monoisotopic (exact) mass is 268 g/mol. The lowest BCUT2D eigenvalue weighted by Crippen LogP contribution is -2.05. The van der Waals surface area contributed by atoms with Gasteiger partial charge in [-0.3, -0.25) is 14.8 Å². The summed E-state index contributed by atoms with van der Waals surface area (Å²) in [5.74, 6) is -0.152. The van der Waals surface area contributed by atoms with Gasteiger partial charge in [0.15, 0.2) is 0 Å². The van der Waals surface area contributed by atoms with Gasteiger partial charge in [-0.1, -0.05) is 35.9 Å². The summed E-state index contributed by atoms with van der Waals surface area (Å²) < 4.78 is 0. The van der Waals surface area contributed by atoms with Crippen LogP contribution in [0, 0.1) is 0 Å². The lowest BCUT2D eigenvalue weighted by Gasteiger charge is -2.04. The second-order valence-corrected chi connectivity index (χ2v) is 4.54. The topological polar surface area (TPSA) is 42.9 Å². The van der Waals surface area contributed by atoms with E-state index in [0.717, 1.165) is 10.8 Å². The number of pyridine rings is 2. The average Bonchev–Trinajstić information content (AvgIpc) is 2.47. The van der Waals surface area contributed by atoms with Crippen molar-refractivity contribution in [3.8, 4) is 0 Å². The molecule has 1 aromatic carbocycles. The first-order chi connectivity index (χ1) is 9.25. The number of fused-ring (bicyclic) bond motifs is 1. The van der Waals surface area contributed by atoms with Crippen LogP contribution >= 0.6 is 11.6 Å². The van der Waals surface area contributed by atoms with E-state index < -0.39 is 0 Å². The number of carbonyl (C=O) groups excluding carboxylic acids is 1. The van der Waals surface area contributed by atoms with E-state index in [1.165, 1.54) is 6.20 Å². The highest BCUT2D eigenvalue weighted by molar-refractivity contribution is 6.30.